The van der Waals surface area contributed by atoms with Crippen molar-refractivity contribution in [2.75, 3.05) is 5.73 Å². The number of nitriles is 1. The Morgan fingerprint density at radius 2 is 1.90 bits per heavy atom. The number of nitrogen functional groups attached to an aromatic ring is 1. The molecular weight excluding hydrogens is 288 g/mol. The van der Waals surface area contributed by atoms with Gasteiger partial charge in [-0.2, -0.15) is 10.2 Å². The Labute approximate surface area is 120 Å². The molecule has 7 nitrogen and oxygen atoms in total. The molecule has 4 rings (SSSR count). The molecule has 8 heteroatoms. The molecule has 0 fully saturated rings. The van der Waals surface area contributed by atoms with Crippen molar-refractivity contribution < 1.29 is 0 Å². The lowest BCUT2D eigenvalue weighted by molar-refractivity contribution is 1.10. The molecule has 0 amide bonds. The average Bonchev–Trinajstić information content (AvgIpc) is 2.82. The first-order valence-electron chi connectivity index (χ1n) is 5.96. The molecule has 0 saturated heterocycles. The summed E-state index contributed by atoms with van der Waals surface area (Å²) in [4.78, 5) is 26.1. The Kier molecular flexibility index (Phi) is 2.22. The molecule has 0 aliphatic carbocycles. The summed E-state index contributed by atoms with van der Waals surface area (Å²) in [5.41, 5.74) is 7.06. The molecule has 0 aliphatic heterocycles. The van der Waals surface area contributed by atoms with Gasteiger partial charge in [0.2, 0.25) is 4.96 Å². The van der Waals surface area contributed by atoms with E-state index >= 15 is 0 Å². The van der Waals surface area contributed by atoms with E-state index in [9.17, 15) is 4.79 Å². The fourth-order valence-electron chi connectivity index (χ4n) is 2.15. The average molecular weight is 294 g/mol. The van der Waals surface area contributed by atoms with Crippen molar-refractivity contribution in [3.63, 3.8) is 0 Å². The third kappa shape index (κ3) is 1.52. The SMILES string of the molecule is N#Cc1sc2nc3nc4ccccc4nc3c(=O)n2c1N. The number of nitrogens with two attached hydrogens (primary N) is 1. The second kappa shape index (κ2) is 3.97. The molecule has 0 atom stereocenters. The molecular formula is C13H6N6OS. The standard InChI is InChI=1S/C13H6N6OS/c14-5-8-10(15)19-12(20)9-11(18-13(19)21-8)17-7-4-2-1-3-6(7)16-9/h1-4H,15H2. The number of rotatable bonds is 0. The number of nitrogens with zero attached hydrogens (tertiary/aromatic N) is 5. The number of fused-ring (bicyclic) bond motifs is 3. The predicted molar refractivity (Wildman–Crippen MR) is 79.1 cm³/mol. The second-order valence-electron chi connectivity index (χ2n) is 4.35. The van der Waals surface area contributed by atoms with Crippen molar-refractivity contribution in [3.05, 3.63) is 39.5 Å². The second-order valence-corrected chi connectivity index (χ2v) is 5.33. The van der Waals surface area contributed by atoms with Crippen LogP contribution in [0.3, 0.4) is 0 Å². The van der Waals surface area contributed by atoms with E-state index in [1.807, 2.05) is 18.2 Å². The van der Waals surface area contributed by atoms with Gasteiger partial charge in [-0.1, -0.05) is 23.5 Å². The Bertz CT molecular complexity index is 1140. The number of aromatic nitrogens is 4. The molecule has 0 bridgehead atoms. The third-order valence-corrected chi connectivity index (χ3v) is 4.08. The van der Waals surface area contributed by atoms with Gasteiger partial charge in [-0.25, -0.2) is 14.4 Å². The monoisotopic (exact) mass is 294 g/mol. The minimum absolute atomic E-state index is 0.0897. The number of para-hydroxylation sites is 2. The fourth-order valence-corrected chi connectivity index (χ4v) is 2.98. The summed E-state index contributed by atoms with van der Waals surface area (Å²) in [7, 11) is 0. The molecule has 21 heavy (non-hydrogen) atoms. The van der Waals surface area contributed by atoms with E-state index in [2.05, 4.69) is 15.0 Å². The van der Waals surface area contributed by atoms with Gasteiger partial charge in [0.1, 0.15) is 16.8 Å². The maximum Gasteiger partial charge on any atom is 0.288 e. The van der Waals surface area contributed by atoms with E-state index in [0.717, 1.165) is 11.3 Å². The Morgan fingerprint density at radius 1 is 1.19 bits per heavy atom. The zero-order valence-corrected chi connectivity index (χ0v) is 11.3. The first-order valence-corrected chi connectivity index (χ1v) is 6.78. The predicted octanol–water partition coefficient (Wildman–Crippen LogP) is 1.31. The highest BCUT2D eigenvalue weighted by atomic mass is 32.1. The van der Waals surface area contributed by atoms with Crippen LogP contribution in [0, 0.1) is 11.3 Å². The molecule has 0 unspecified atom stereocenters. The summed E-state index contributed by atoms with van der Waals surface area (Å²) in [5.74, 6) is 0.0897. The molecule has 3 aromatic heterocycles. The molecule has 0 radical (unpaired) electrons. The lowest BCUT2D eigenvalue weighted by Gasteiger charge is -2.01. The molecule has 1 aromatic carbocycles. The smallest absolute Gasteiger partial charge is 0.288 e. The van der Waals surface area contributed by atoms with Crippen LogP contribution in [0.1, 0.15) is 4.88 Å². The maximum atomic E-state index is 12.5. The number of thiazole rings is 1. The van der Waals surface area contributed by atoms with Gasteiger partial charge in [-0.3, -0.25) is 4.79 Å². The topological polar surface area (TPSA) is 110 Å². The van der Waals surface area contributed by atoms with Crippen LogP contribution in [-0.2, 0) is 0 Å². The molecule has 100 valence electrons. The molecule has 4 aromatic rings. The summed E-state index contributed by atoms with van der Waals surface area (Å²) < 4.78 is 1.20. The van der Waals surface area contributed by atoms with Crippen molar-refractivity contribution >= 4 is 44.3 Å². The Hall–Kier alpha value is -3.05. The zero-order chi connectivity index (χ0) is 14.6. The lowest BCUT2D eigenvalue weighted by Crippen LogP contribution is -2.17. The van der Waals surface area contributed by atoms with Crippen LogP contribution in [0.4, 0.5) is 5.82 Å². The van der Waals surface area contributed by atoms with Gasteiger partial charge in [-0.05, 0) is 12.1 Å². The van der Waals surface area contributed by atoms with Gasteiger partial charge in [0.05, 0.1) is 11.0 Å². The Morgan fingerprint density at radius 3 is 2.62 bits per heavy atom. The summed E-state index contributed by atoms with van der Waals surface area (Å²) >= 11 is 1.06. The van der Waals surface area contributed by atoms with E-state index < -0.39 is 5.56 Å². The third-order valence-electron chi connectivity index (χ3n) is 3.12. The quantitative estimate of drug-likeness (QED) is 0.489. The first kappa shape index (κ1) is 11.7. The van der Waals surface area contributed by atoms with Crippen LogP contribution in [0.2, 0.25) is 0 Å². The van der Waals surface area contributed by atoms with Crippen molar-refractivity contribution in [2.24, 2.45) is 0 Å². The summed E-state index contributed by atoms with van der Waals surface area (Å²) in [6.45, 7) is 0. The summed E-state index contributed by atoms with van der Waals surface area (Å²) in [6.07, 6.45) is 0. The maximum absolute atomic E-state index is 12.5. The van der Waals surface area contributed by atoms with Crippen molar-refractivity contribution in [3.8, 4) is 6.07 Å². The minimum atomic E-state index is -0.413. The first-order chi connectivity index (χ1) is 10.2. The van der Waals surface area contributed by atoms with E-state index in [1.165, 1.54) is 4.40 Å². The van der Waals surface area contributed by atoms with Gasteiger partial charge >= 0.3 is 0 Å². The van der Waals surface area contributed by atoms with Gasteiger partial charge in [0.25, 0.3) is 5.56 Å². The normalized spacial score (nSPS) is 11.2. The number of hydrogen-bond acceptors (Lipinski definition) is 7. The zero-order valence-electron chi connectivity index (χ0n) is 10.4. The van der Waals surface area contributed by atoms with Crippen molar-refractivity contribution in [2.45, 2.75) is 0 Å². The lowest BCUT2D eigenvalue weighted by atomic mass is 10.3. The van der Waals surface area contributed by atoms with Crippen LogP contribution in [0.5, 0.6) is 0 Å². The van der Waals surface area contributed by atoms with Crippen LogP contribution < -0.4 is 11.3 Å². The highest BCUT2D eigenvalue weighted by Crippen LogP contribution is 2.23. The van der Waals surface area contributed by atoms with Crippen molar-refractivity contribution in [1.82, 2.24) is 19.4 Å². The number of anilines is 1. The van der Waals surface area contributed by atoms with E-state index in [-0.39, 0.29) is 21.9 Å². The van der Waals surface area contributed by atoms with E-state index in [4.69, 9.17) is 11.0 Å². The molecule has 0 saturated carbocycles. The highest BCUT2D eigenvalue weighted by molar-refractivity contribution is 7.18. The van der Waals surface area contributed by atoms with Crippen LogP contribution in [-0.4, -0.2) is 19.4 Å². The van der Waals surface area contributed by atoms with Gasteiger partial charge in [-0.15, -0.1) is 0 Å². The highest BCUT2D eigenvalue weighted by Gasteiger charge is 2.16. The van der Waals surface area contributed by atoms with Gasteiger partial charge in [0, 0.05) is 0 Å². The van der Waals surface area contributed by atoms with E-state index in [1.54, 1.807) is 12.1 Å². The molecule has 3 heterocycles. The number of benzene rings is 1. The van der Waals surface area contributed by atoms with Gasteiger partial charge in [0.15, 0.2) is 11.2 Å². The van der Waals surface area contributed by atoms with E-state index in [0.29, 0.717) is 16.0 Å². The van der Waals surface area contributed by atoms with Crippen molar-refractivity contribution in [1.29, 1.82) is 5.26 Å². The fraction of sp³-hybridized carbons (Fsp3) is 0. The van der Waals surface area contributed by atoms with Gasteiger partial charge < -0.3 is 5.73 Å². The minimum Gasteiger partial charge on any atom is -0.383 e. The van der Waals surface area contributed by atoms with Crippen LogP contribution in [0.15, 0.2) is 29.1 Å². The molecule has 0 spiro atoms. The summed E-state index contributed by atoms with van der Waals surface area (Å²) in [6, 6.07) is 9.18. The summed E-state index contributed by atoms with van der Waals surface area (Å²) in [5, 5.41) is 9.01. The van der Waals surface area contributed by atoms with Crippen LogP contribution in [0.25, 0.3) is 27.2 Å². The Balaban J connectivity index is 2.27. The molecule has 2 N–H and O–H groups in total. The largest absolute Gasteiger partial charge is 0.383 e. The van der Waals surface area contributed by atoms with Crippen LogP contribution >= 0.6 is 11.3 Å². The molecule has 0 aliphatic rings. The number of hydrogen-bond donors (Lipinski definition) is 1.